The van der Waals surface area contributed by atoms with Crippen LogP contribution in [0.5, 0.6) is 0 Å². The Morgan fingerprint density at radius 1 is 1.44 bits per heavy atom. The molecule has 2 aromatic heterocycles. The summed E-state index contributed by atoms with van der Waals surface area (Å²) in [6.07, 6.45) is 3.84. The van der Waals surface area contributed by atoms with Gasteiger partial charge in [-0.25, -0.2) is 0 Å². The first-order valence-corrected chi connectivity index (χ1v) is 5.32. The van der Waals surface area contributed by atoms with Crippen molar-refractivity contribution in [2.45, 2.75) is 25.9 Å². The molecule has 0 radical (unpaired) electrons. The summed E-state index contributed by atoms with van der Waals surface area (Å²) < 4.78 is 7.13. The van der Waals surface area contributed by atoms with Gasteiger partial charge in [0.1, 0.15) is 5.82 Å². The van der Waals surface area contributed by atoms with E-state index < -0.39 is 0 Å². The molecular weight excluding hydrogens is 204 g/mol. The fraction of sp³-hybridized carbons (Fsp3) is 0.455. The van der Waals surface area contributed by atoms with Gasteiger partial charge in [-0.15, -0.1) is 10.2 Å². The third kappa shape index (κ3) is 2.14. The van der Waals surface area contributed by atoms with E-state index in [4.69, 9.17) is 10.5 Å². The van der Waals surface area contributed by atoms with Crippen molar-refractivity contribution in [2.24, 2.45) is 0 Å². The van der Waals surface area contributed by atoms with Crippen molar-refractivity contribution in [1.82, 2.24) is 14.6 Å². The van der Waals surface area contributed by atoms with E-state index in [1.54, 1.807) is 7.11 Å². The lowest BCUT2D eigenvalue weighted by molar-refractivity contribution is 0.111. The summed E-state index contributed by atoms with van der Waals surface area (Å²) in [6, 6.07) is 3.69. The molecule has 16 heavy (non-hydrogen) atoms. The summed E-state index contributed by atoms with van der Waals surface area (Å²) in [7, 11) is 1.71. The molecule has 0 saturated carbocycles. The lowest BCUT2D eigenvalue weighted by atomic mass is 10.2. The minimum absolute atomic E-state index is 0.230. The molecule has 0 aliphatic carbocycles. The van der Waals surface area contributed by atoms with Crippen LogP contribution in [-0.4, -0.2) is 27.8 Å². The number of methoxy groups -OCH3 is 1. The molecular formula is C11H16N4O. The molecule has 0 saturated heterocycles. The van der Waals surface area contributed by atoms with Gasteiger partial charge >= 0.3 is 0 Å². The highest BCUT2D eigenvalue weighted by atomic mass is 16.5. The molecule has 2 aromatic rings. The third-order valence-corrected chi connectivity index (χ3v) is 2.67. The topological polar surface area (TPSA) is 65.4 Å². The summed E-state index contributed by atoms with van der Waals surface area (Å²) in [4.78, 5) is 0. The van der Waals surface area contributed by atoms with Crippen molar-refractivity contribution in [3.05, 3.63) is 24.2 Å². The predicted octanol–water partition coefficient (Wildman–Crippen LogP) is 1.28. The molecule has 0 aromatic carbocycles. The lowest BCUT2D eigenvalue weighted by Gasteiger charge is -2.07. The number of anilines is 1. The van der Waals surface area contributed by atoms with Crippen LogP contribution < -0.4 is 5.73 Å². The van der Waals surface area contributed by atoms with Gasteiger partial charge in [0.15, 0.2) is 5.65 Å². The number of fused-ring (bicyclic) bond motifs is 1. The molecule has 0 amide bonds. The Hall–Kier alpha value is -1.62. The zero-order valence-electron chi connectivity index (χ0n) is 9.55. The summed E-state index contributed by atoms with van der Waals surface area (Å²) in [5.74, 6) is 0.922. The van der Waals surface area contributed by atoms with Gasteiger partial charge < -0.3 is 10.5 Å². The highest BCUT2D eigenvalue weighted by Crippen LogP contribution is 2.10. The molecule has 1 atom stereocenters. The second-order valence-corrected chi connectivity index (χ2v) is 3.89. The number of aromatic nitrogens is 3. The van der Waals surface area contributed by atoms with Gasteiger partial charge in [0, 0.05) is 25.4 Å². The zero-order chi connectivity index (χ0) is 11.5. The standard InChI is InChI=1S/C11H16N4O/c1-8(16-2)3-5-10-13-14-11-6-4-9(12)7-15(10)11/h4,6-8H,3,5,12H2,1-2H3. The summed E-state index contributed by atoms with van der Waals surface area (Å²) in [5, 5.41) is 8.22. The molecule has 0 aliphatic rings. The maximum absolute atomic E-state index is 5.73. The van der Waals surface area contributed by atoms with Gasteiger partial charge in [0.05, 0.1) is 6.10 Å². The number of nitrogen functional groups attached to an aromatic ring is 1. The minimum atomic E-state index is 0.230. The number of rotatable bonds is 4. The smallest absolute Gasteiger partial charge is 0.160 e. The van der Waals surface area contributed by atoms with E-state index in [0.717, 1.165) is 24.3 Å². The maximum Gasteiger partial charge on any atom is 0.160 e. The van der Waals surface area contributed by atoms with Crippen molar-refractivity contribution < 1.29 is 4.74 Å². The SMILES string of the molecule is COC(C)CCc1nnc2ccc(N)cn12. The second kappa shape index (κ2) is 4.49. The molecule has 2 heterocycles. The van der Waals surface area contributed by atoms with Gasteiger partial charge in [-0.1, -0.05) is 0 Å². The van der Waals surface area contributed by atoms with Gasteiger partial charge in [-0.05, 0) is 25.5 Å². The third-order valence-electron chi connectivity index (χ3n) is 2.67. The van der Waals surface area contributed by atoms with Crippen LogP contribution in [-0.2, 0) is 11.2 Å². The number of hydrogen-bond acceptors (Lipinski definition) is 4. The second-order valence-electron chi connectivity index (χ2n) is 3.89. The number of pyridine rings is 1. The number of hydrogen-bond donors (Lipinski definition) is 1. The first-order chi connectivity index (χ1) is 7.70. The van der Waals surface area contributed by atoms with Crippen molar-refractivity contribution in [2.75, 3.05) is 12.8 Å². The molecule has 5 heteroatoms. The van der Waals surface area contributed by atoms with Crippen molar-refractivity contribution in [1.29, 1.82) is 0 Å². The molecule has 1 unspecified atom stereocenters. The van der Waals surface area contributed by atoms with E-state index in [9.17, 15) is 0 Å². The van der Waals surface area contributed by atoms with E-state index >= 15 is 0 Å². The Kier molecular flexibility index (Phi) is 3.05. The van der Waals surface area contributed by atoms with Crippen LogP contribution in [0.4, 0.5) is 5.69 Å². The number of nitrogens with zero attached hydrogens (tertiary/aromatic N) is 3. The van der Waals surface area contributed by atoms with Gasteiger partial charge in [-0.2, -0.15) is 0 Å². The van der Waals surface area contributed by atoms with Crippen molar-refractivity contribution in [3.63, 3.8) is 0 Å². The van der Waals surface area contributed by atoms with Crippen LogP contribution in [0.3, 0.4) is 0 Å². The number of aryl methyl sites for hydroxylation is 1. The average Bonchev–Trinajstić information content (AvgIpc) is 2.68. The molecule has 2 N–H and O–H groups in total. The molecule has 0 fully saturated rings. The van der Waals surface area contributed by atoms with Gasteiger partial charge in [-0.3, -0.25) is 4.40 Å². The average molecular weight is 220 g/mol. The van der Waals surface area contributed by atoms with Crippen molar-refractivity contribution >= 4 is 11.3 Å². The summed E-state index contributed by atoms with van der Waals surface area (Å²) >= 11 is 0. The van der Waals surface area contributed by atoms with Gasteiger partial charge in [0.25, 0.3) is 0 Å². The highest BCUT2D eigenvalue weighted by molar-refractivity contribution is 5.47. The molecule has 0 aliphatic heterocycles. The first-order valence-electron chi connectivity index (χ1n) is 5.32. The van der Waals surface area contributed by atoms with Crippen LogP contribution in [0.25, 0.3) is 5.65 Å². The molecule has 0 spiro atoms. The van der Waals surface area contributed by atoms with Crippen LogP contribution in [0.15, 0.2) is 18.3 Å². The Labute approximate surface area is 94.2 Å². The van der Waals surface area contributed by atoms with Crippen LogP contribution in [0, 0.1) is 0 Å². The number of ether oxygens (including phenoxy) is 1. The Balaban J connectivity index is 2.21. The van der Waals surface area contributed by atoms with Crippen molar-refractivity contribution in [3.8, 4) is 0 Å². The molecule has 2 rings (SSSR count). The first kappa shape index (κ1) is 10.9. The highest BCUT2D eigenvalue weighted by Gasteiger charge is 2.07. The lowest BCUT2D eigenvalue weighted by Crippen LogP contribution is -2.07. The quantitative estimate of drug-likeness (QED) is 0.843. The normalized spacial score (nSPS) is 13.1. The fourth-order valence-corrected chi connectivity index (χ4v) is 1.58. The zero-order valence-corrected chi connectivity index (χ0v) is 9.55. The molecule has 5 nitrogen and oxygen atoms in total. The number of nitrogens with two attached hydrogens (primary N) is 1. The van der Waals surface area contributed by atoms with E-state index in [1.807, 2.05) is 29.7 Å². The van der Waals surface area contributed by atoms with E-state index in [2.05, 4.69) is 10.2 Å². The predicted molar refractivity (Wildman–Crippen MR) is 62.2 cm³/mol. The fourth-order valence-electron chi connectivity index (χ4n) is 1.58. The van der Waals surface area contributed by atoms with E-state index in [-0.39, 0.29) is 6.10 Å². The maximum atomic E-state index is 5.73. The van der Waals surface area contributed by atoms with Crippen LogP contribution in [0.2, 0.25) is 0 Å². The molecule has 86 valence electrons. The molecule has 0 bridgehead atoms. The van der Waals surface area contributed by atoms with E-state index in [0.29, 0.717) is 5.69 Å². The van der Waals surface area contributed by atoms with E-state index in [1.165, 1.54) is 0 Å². The Morgan fingerprint density at radius 3 is 3.00 bits per heavy atom. The van der Waals surface area contributed by atoms with Crippen LogP contribution in [0.1, 0.15) is 19.2 Å². The Bertz CT molecular complexity index is 480. The van der Waals surface area contributed by atoms with Crippen LogP contribution >= 0.6 is 0 Å². The monoisotopic (exact) mass is 220 g/mol. The summed E-state index contributed by atoms with van der Waals surface area (Å²) in [6.45, 7) is 2.04. The minimum Gasteiger partial charge on any atom is -0.398 e. The largest absolute Gasteiger partial charge is 0.398 e. The van der Waals surface area contributed by atoms with Gasteiger partial charge in [0.2, 0.25) is 0 Å². The summed E-state index contributed by atoms with van der Waals surface area (Å²) in [5.41, 5.74) is 7.28. The Morgan fingerprint density at radius 2 is 2.25 bits per heavy atom.